The van der Waals surface area contributed by atoms with Crippen molar-refractivity contribution in [3.8, 4) is 11.5 Å². The third-order valence-corrected chi connectivity index (χ3v) is 4.51. The van der Waals surface area contributed by atoms with Gasteiger partial charge in [0, 0.05) is 18.3 Å². The van der Waals surface area contributed by atoms with Gasteiger partial charge in [-0.1, -0.05) is 48.9 Å². The van der Waals surface area contributed by atoms with Crippen molar-refractivity contribution in [2.75, 3.05) is 5.32 Å². The molecule has 0 aliphatic heterocycles. The summed E-state index contributed by atoms with van der Waals surface area (Å²) >= 11 is 6.18. The number of ether oxygens (including phenoxy) is 1. The van der Waals surface area contributed by atoms with Crippen LogP contribution >= 0.6 is 11.6 Å². The van der Waals surface area contributed by atoms with E-state index in [1.165, 1.54) is 0 Å². The smallest absolute Gasteiger partial charge is 0.181 e. The summed E-state index contributed by atoms with van der Waals surface area (Å²) in [5, 5.41) is 3.48. The van der Waals surface area contributed by atoms with Crippen LogP contribution in [0.5, 0.6) is 11.5 Å². The Labute approximate surface area is 163 Å². The summed E-state index contributed by atoms with van der Waals surface area (Å²) in [7, 11) is 0. The fourth-order valence-corrected chi connectivity index (χ4v) is 2.91. The molecule has 27 heavy (non-hydrogen) atoms. The Morgan fingerprint density at radius 1 is 1.15 bits per heavy atom. The van der Waals surface area contributed by atoms with Gasteiger partial charge >= 0.3 is 0 Å². The minimum atomic E-state index is -0.482. The summed E-state index contributed by atoms with van der Waals surface area (Å²) in [4.78, 5) is 4.33. The maximum absolute atomic E-state index is 15.2. The van der Waals surface area contributed by atoms with Crippen molar-refractivity contribution in [1.29, 1.82) is 0 Å². The molecule has 3 N–H and O–H groups in total. The third kappa shape index (κ3) is 4.56. The lowest BCUT2D eigenvalue weighted by Crippen LogP contribution is -2.13. The highest BCUT2D eigenvalue weighted by molar-refractivity contribution is 6.32. The Morgan fingerprint density at radius 2 is 1.93 bits per heavy atom. The van der Waals surface area contributed by atoms with E-state index in [1.54, 1.807) is 30.5 Å². The van der Waals surface area contributed by atoms with Gasteiger partial charge < -0.3 is 15.8 Å². The predicted molar refractivity (Wildman–Crippen MR) is 107 cm³/mol. The summed E-state index contributed by atoms with van der Waals surface area (Å²) in [5.74, 6) is 0.714. The minimum absolute atomic E-state index is 0.0204. The van der Waals surface area contributed by atoms with E-state index in [1.807, 2.05) is 37.3 Å². The Morgan fingerprint density at radius 3 is 2.56 bits per heavy atom. The highest BCUT2D eigenvalue weighted by Gasteiger charge is 2.21. The molecular formula is C21H21ClFN3O. The fraction of sp³-hybridized carbons (Fsp3) is 0.190. The van der Waals surface area contributed by atoms with E-state index in [0.717, 1.165) is 5.56 Å². The SMILES string of the molecule is CC[C@@H](Nc1ccc(CN)cn1)c1ccc(Cl)c(Oc2ccccc2)c1F. The molecule has 6 heteroatoms. The number of halogens is 2. The Kier molecular flexibility index (Phi) is 6.27. The molecule has 0 spiro atoms. The van der Waals surface area contributed by atoms with Gasteiger partial charge in [-0.15, -0.1) is 0 Å². The number of nitrogens with one attached hydrogen (secondary N) is 1. The molecule has 0 amide bonds. The van der Waals surface area contributed by atoms with Crippen molar-refractivity contribution >= 4 is 17.4 Å². The van der Waals surface area contributed by atoms with Gasteiger partial charge in [0.1, 0.15) is 11.6 Å². The molecule has 0 unspecified atom stereocenters. The molecule has 0 saturated heterocycles. The van der Waals surface area contributed by atoms with Crippen LogP contribution in [0.2, 0.25) is 5.02 Å². The maximum atomic E-state index is 15.2. The predicted octanol–water partition coefficient (Wildman–Crippen LogP) is 5.69. The van der Waals surface area contributed by atoms with Gasteiger partial charge in [-0.2, -0.15) is 0 Å². The summed E-state index contributed by atoms with van der Waals surface area (Å²) in [6.07, 6.45) is 2.36. The molecule has 0 saturated carbocycles. The zero-order chi connectivity index (χ0) is 19.2. The van der Waals surface area contributed by atoms with Crippen LogP contribution in [0.15, 0.2) is 60.8 Å². The molecule has 3 rings (SSSR count). The molecule has 1 heterocycles. The van der Waals surface area contributed by atoms with Gasteiger partial charge in [0.2, 0.25) is 0 Å². The average molecular weight is 386 g/mol. The van der Waals surface area contributed by atoms with Gasteiger partial charge in [0.05, 0.1) is 11.1 Å². The van der Waals surface area contributed by atoms with Crippen LogP contribution in [0, 0.1) is 5.82 Å². The molecule has 3 aromatic rings. The fourth-order valence-electron chi connectivity index (χ4n) is 2.73. The van der Waals surface area contributed by atoms with Gasteiger partial charge in [0.15, 0.2) is 11.6 Å². The first kappa shape index (κ1) is 19.1. The van der Waals surface area contributed by atoms with E-state index >= 15 is 4.39 Å². The number of nitrogens with two attached hydrogens (primary N) is 1. The standard InChI is InChI=1S/C21H21ClFN3O/c1-2-18(26-19-11-8-14(12-24)13-25-19)16-9-10-17(22)21(20(16)23)27-15-6-4-3-5-7-15/h3-11,13,18H,2,12,24H2,1H3,(H,25,26)/t18-/m1/s1. The normalized spacial score (nSPS) is 11.9. The number of rotatable bonds is 7. The van der Waals surface area contributed by atoms with Crippen molar-refractivity contribution in [2.24, 2.45) is 5.73 Å². The quantitative estimate of drug-likeness (QED) is 0.548. The molecule has 1 atom stereocenters. The molecule has 1 aromatic heterocycles. The van der Waals surface area contributed by atoms with E-state index in [0.29, 0.717) is 30.1 Å². The molecule has 0 radical (unpaired) electrons. The van der Waals surface area contributed by atoms with Crippen LogP contribution in [0.1, 0.15) is 30.5 Å². The van der Waals surface area contributed by atoms with Crippen molar-refractivity contribution < 1.29 is 9.13 Å². The van der Waals surface area contributed by atoms with Crippen LogP contribution in [-0.2, 0) is 6.54 Å². The average Bonchev–Trinajstić information content (AvgIpc) is 2.71. The van der Waals surface area contributed by atoms with Crippen molar-refractivity contribution in [1.82, 2.24) is 4.98 Å². The zero-order valence-corrected chi connectivity index (χ0v) is 15.7. The molecule has 2 aromatic carbocycles. The number of para-hydroxylation sites is 1. The monoisotopic (exact) mass is 385 g/mol. The maximum Gasteiger partial charge on any atom is 0.181 e. The lowest BCUT2D eigenvalue weighted by molar-refractivity contribution is 0.436. The van der Waals surface area contributed by atoms with E-state index in [-0.39, 0.29) is 16.8 Å². The van der Waals surface area contributed by atoms with Gasteiger partial charge in [-0.25, -0.2) is 9.37 Å². The number of aromatic nitrogens is 1. The first-order valence-corrected chi connectivity index (χ1v) is 9.12. The highest BCUT2D eigenvalue weighted by atomic mass is 35.5. The van der Waals surface area contributed by atoms with E-state index < -0.39 is 5.82 Å². The molecule has 0 aliphatic carbocycles. The zero-order valence-electron chi connectivity index (χ0n) is 15.0. The second-order valence-corrected chi connectivity index (χ2v) is 6.46. The van der Waals surface area contributed by atoms with Gasteiger partial charge in [-0.3, -0.25) is 0 Å². The molecule has 0 bridgehead atoms. The van der Waals surface area contributed by atoms with Crippen LogP contribution < -0.4 is 15.8 Å². The first-order valence-electron chi connectivity index (χ1n) is 8.74. The lowest BCUT2D eigenvalue weighted by atomic mass is 10.0. The Hall–Kier alpha value is -2.63. The molecule has 4 nitrogen and oxygen atoms in total. The lowest BCUT2D eigenvalue weighted by Gasteiger charge is -2.20. The second kappa shape index (κ2) is 8.84. The number of anilines is 1. The minimum Gasteiger partial charge on any atom is -0.453 e. The summed E-state index contributed by atoms with van der Waals surface area (Å²) in [5.41, 5.74) is 7.00. The summed E-state index contributed by atoms with van der Waals surface area (Å²) in [6, 6.07) is 15.8. The molecular weight excluding hydrogens is 365 g/mol. The third-order valence-electron chi connectivity index (χ3n) is 4.21. The van der Waals surface area contributed by atoms with E-state index in [2.05, 4.69) is 10.3 Å². The first-order chi connectivity index (χ1) is 13.1. The Bertz CT molecular complexity index is 888. The highest BCUT2D eigenvalue weighted by Crippen LogP contribution is 2.37. The summed E-state index contributed by atoms with van der Waals surface area (Å²) < 4.78 is 20.9. The van der Waals surface area contributed by atoms with E-state index in [4.69, 9.17) is 22.1 Å². The summed E-state index contributed by atoms with van der Waals surface area (Å²) in [6.45, 7) is 2.40. The van der Waals surface area contributed by atoms with Crippen LogP contribution in [0.25, 0.3) is 0 Å². The van der Waals surface area contributed by atoms with Crippen molar-refractivity contribution in [3.63, 3.8) is 0 Å². The molecule has 0 fully saturated rings. The largest absolute Gasteiger partial charge is 0.453 e. The molecule has 0 aliphatic rings. The van der Waals surface area contributed by atoms with Crippen molar-refractivity contribution in [2.45, 2.75) is 25.9 Å². The van der Waals surface area contributed by atoms with Crippen LogP contribution in [-0.4, -0.2) is 4.98 Å². The van der Waals surface area contributed by atoms with Crippen LogP contribution in [0.4, 0.5) is 10.2 Å². The molecule has 140 valence electrons. The topological polar surface area (TPSA) is 60.2 Å². The number of benzene rings is 2. The Balaban J connectivity index is 1.88. The van der Waals surface area contributed by atoms with Crippen LogP contribution in [0.3, 0.4) is 0 Å². The number of hydrogen-bond acceptors (Lipinski definition) is 4. The van der Waals surface area contributed by atoms with Gasteiger partial charge in [0.25, 0.3) is 0 Å². The number of pyridine rings is 1. The van der Waals surface area contributed by atoms with Crippen molar-refractivity contribution in [3.05, 3.63) is 82.8 Å². The second-order valence-electron chi connectivity index (χ2n) is 6.06. The number of nitrogens with zero attached hydrogens (tertiary/aromatic N) is 1. The van der Waals surface area contributed by atoms with Gasteiger partial charge in [-0.05, 0) is 36.2 Å². The van der Waals surface area contributed by atoms with E-state index in [9.17, 15) is 0 Å². The number of hydrogen-bond donors (Lipinski definition) is 2.